The first-order valence-electron chi connectivity index (χ1n) is 8.04. The molecule has 0 radical (unpaired) electrons. The Hall–Kier alpha value is -0.450. The normalized spacial score (nSPS) is 28.7. The van der Waals surface area contributed by atoms with Crippen LogP contribution in [0, 0.1) is 0 Å². The van der Waals surface area contributed by atoms with E-state index >= 15 is 0 Å². The van der Waals surface area contributed by atoms with Gasteiger partial charge in [0, 0.05) is 17.3 Å². The summed E-state index contributed by atoms with van der Waals surface area (Å²) in [4.78, 5) is 6.42. The van der Waals surface area contributed by atoms with E-state index in [1.807, 2.05) is 11.3 Å². The fraction of sp³-hybridized carbons (Fsp3) is 0.812. The maximum Gasteiger partial charge on any atom is 0.0989 e. The summed E-state index contributed by atoms with van der Waals surface area (Å²) in [5.74, 6) is 1.08. The molecule has 2 aliphatic heterocycles. The van der Waals surface area contributed by atoms with Gasteiger partial charge in [-0.15, -0.1) is 11.3 Å². The lowest BCUT2D eigenvalue weighted by molar-refractivity contribution is 0.100. The van der Waals surface area contributed by atoms with E-state index in [2.05, 4.69) is 26.1 Å². The monoisotopic (exact) mass is 294 g/mol. The minimum absolute atomic E-state index is 0.447. The Bertz CT molecular complexity index is 457. The molecule has 20 heavy (non-hydrogen) atoms. The predicted octanol–water partition coefficient (Wildman–Crippen LogP) is 3.80. The minimum atomic E-state index is 0.447. The summed E-state index contributed by atoms with van der Waals surface area (Å²) in [5.41, 5.74) is 1.30. The number of hydrogen-bond donors (Lipinski definition) is 1. The van der Waals surface area contributed by atoms with Crippen molar-refractivity contribution in [3.05, 3.63) is 15.6 Å². The van der Waals surface area contributed by atoms with Crippen LogP contribution >= 0.6 is 11.3 Å². The zero-order valence-corrected chi connectivity index (χ0v) is 13.6. The third-order valence-corrected chi connectivity index (χ3v) is 5.63. The molecule has 3 unspecified atom stereocenters. The molecule has 112 valence electrons. The van der Waals surface area contributed by atoms with Gasteiger partial charge in [-0.25, -0.2) is 4.98 Å². The van der Waals surface area contributed by atoms with Gasteiger partial charge in [0.05, 0.1) is 22.9 Å². The molecule has 1 aromatic heterocycles. The molecular formula is C16H26N2OS. The highest BCUT2D eigenvalue weighted by molar-refractivity contribution is 7.11. The number of ether oxygens (including phenoxy) is 1. The van der Waals surface area contributed by atoms with Gasteiger partial charge < -0.3 is 10.1 Å². The van der Waals surface area contributed by atoms with E-state index in [1.165, 1.54) is 41.3 Å². The maximum atomic E-state index is 6.00. The average Bonchev–Trinajstić information content (AvgIpc) is 3.13. The van der Waals surface area contributed by atoms with Crippen LogP contribution in [0.4, 0.5) is 0 Å². The van der Waals surface area contributed by atoms with E-state index in [9.17, 15) is 0 Å². The predicted molar refractivity (Wildman–Crippen MR) is 83.5 cm³/mol. The smallest absolute Gasteiger partial charge is 0.0989 e. The Labute approximate surface area is 126 Å². The fourth-order valence-electron chi connectivity index (χ4n) is 3.40. The quantitative estimate of drug-likeness (QED) is 0.810. The lowest BCUT2D eigenvalue weighted by Crippen LogP contribution is -2.14. The van der Waals surface area contributed by atoms with Gasteiger partial charge in [-0.1, -0.05) is 20.8 Å². The molecule has 1 aromatic rings. The second-order valence-corrected chi connectivity index (χ2v) is 7.52. The van der Waals surface area contributed by atoms with Crippen molar-refractivity contribution < 1.29 is 4.74 Å². The van der Waals surface area contributed by atoms with Crippen LogP contribution in [-0.2, 0) is 11.3 Å². The van der Waals surface area contributed by atoms with Crippen molar-refractivity contribution in [2.75, 3.05) is 6.54 Å². The lowest BCUT2D eigenvalue weighted by atomic mass is 9.90. The Morgan fingerprint density at radius 1 is 1.40 bits per heavy atom. The van der Waals surface area contributed by atoms with Crippen LogP contribution in [0.5, 0.6) is 0 Å². The Morgan fingerprint density at radius 2 is 2.25 bits per heavy atom. The van der Waals surface area contributed by atoms with Crippen molar-refractivity contribution in [2.45, 2.75) is 77.0 Å². The van der Waals surface area contributed by atoms with Crippen LogP contribution in [0.15, 0.2) is 0 Å². The van der Waals surface area contributed by atoms with Crippen molar-refractivity contribution in [3.8, 4) is 0 Å². The number of thiazole rings is 1. The Morgan fingerprint density at radius 3 is 2.85 bits per heavy atom. The van der Waals surface area contributed by atoms with Crippen molar-refractivity contribution in [1.29, 1.82) is 0 Å². The standard InChI is InChI=1S/C16H26N2OS/c1-4-7-17-9-14-15(10(2)3)18-16(20-14)12-8-11-5-6-13(12)19-11/h10-13,17H,4-9H2,1-3H3. The van der Waals surface area contributed by atoms with Gasteiger partial charge in [-0.05, 0) is 38.1 Å². The van der Waals surface area contributed by atoms with E-state index in [-0.39, 0.29) is 0 Å². The molecule has 3 atom stereocenters. The van der Waals surface area contributed by atoms with Crippen LogP contribution < -0.4 is 5.32 Å². The molecule has 2 fully saturated rings. The van der Waals surface area contributed by atoms with E-state index in [0.29, 0.717) is 24.0 Å². The van der Waals surface area contributed by atoms with Crippen molar-refractivity contribution in [1.82, 2.24) is 10.3 Å². The van der Waals surface area contributed by atoms with Gasteiger partial charge in [-0.3, -0.25) is 0 Å². The largest absolute Gasteiger partial charge is 0.374 e. The highest BCUT2D eigenvalue weighted by atomic mass is 32.1. The number of nitrogens with zero attached hydrogens (tertiary/aromatic N) is 1. The van der Waals surface area contributed by atoms with Gasteiger partial charge in [0.2, 0.25) is 0 Å². The van der Waals surface area contributed by atoms with Gasteiger partial charge in [0.15, 0.2) is 0 Å². The molecular weight excluding hydrogens is 268 g/mol. The lowest BCUT2D eigenvalue weighted by Gasteiger charge is -2.15. The Balaban J connectivity index is 1.76. The first-order valence-corrected chi connectivity index (χ1v) is 8.86. The molecule has 0 saturated carbocycles. The molecule has 3 nitrogen and oxygen atoms in total. The second kappa shape index (κ2) is 6.12. The van der Waals surface area contributed by atoms with E-state index in [1.54, 1.807) is 0 Å². The summed E-state index contributed by atoms with van der Waals surface area (Å²) >= 11 is 1.92. The second-order valence-electron chi connectivity index (χ2n) is 6.41. The zero-order chi connectivity index (χ0) is 14.1. The van der Waals surface area contributed by atoms with Gasteiger partial charge in [0.1, 0.15) is 0 Å². The van der Waals surface area contributed by atoms with Gasteiger partial charge in [0.25, 0.3) is 0 Å². The van der Waals surface area contributed by atoms with Crippen LogP contribution in [0.3, 0.4) is 0 Å². The number of fused-ring (bicyclic) bond motifs is 2. The van der Waals surface area contributed by atoms with Crippen LogP contribution in [0.2, 0.25) is 0 Å². The SMILES string of the molecule is CCCNCc1sc(C2CC3CCC2O3)nc1C(C)C. The topological polar surface area (TPSA) is 34.1 Å². The van der Waals surface area contributed by atoms with E-state index in [0.717, 1.165) is 13.1 Å². The summed E-state index contributed by atoms with van der Waals surface area (Å²) in [6.07, 6.45) is 5.82. The molecule has 2 bridgehead atoms. The molecule has 1 N–H and O–H groups in total. The molecule has 4 heteroatoms. The van der Waals surface area contributed by atoms with Crippen LogP contribution in [-0.4, -0.2) is 23.7 Å². The first-order chi connectivity index (χ1) is 9.69. The summed E-state index contributed by atoms with van der Waals surface area (Å²) in [7, 11) is 0. The van der Waals surface area contributed by atoms with Crippen molar-refractivity contribution in [2.24, 2.45) is 0 Å². The number of rotatable bonds is 6. The molecule has 2 saturated heterocycles. The maximum absolute atomic E-state index is 6.00. The number of aromatic nitrogens is 1. The highest BCUT2D eigenvalue weighted by Gasteiger charge is 2.43. The number of hydrogen-bond acceptors (Lipinski definition) is 4. The minimum Gasteiger partial charge on any atom is -0.374 e. The number of nitrogens with one attached hydrogen (secondary N) is 1. The average molecular weight is 294 g/mol. The van der Waals surface area contributed by atoms with Crippen molar-refractivity contribution in [3.63, 3.8) is 0 Å². The van der Waals surface area contributed by atoms with Crippen molar-refractivity contribution >= 4 is 11.3 Å². The first kappa shape index (κ1) is 14.5. The molecule has 3 rings (SSSR count). The summed E-state index contributed by atoms with van der Waals surface area (Å²) < 4.78 is 6.00. The van der Waals surface area contributed by atoms with E-state index in [4.69, 9.17) is 9.72 Å². The Kier molecular flexibility index (Phi) is 4.43. The summed E-state index contributed by atoms with van der Waals surface area (Å²) in [6, 6.07) is 0. The molecule has 3 heterocycles. The molecule has 0 amide bonds. The third kappa shape index (κ3) is 2.78. The zero-order valence-electron chi connectivity index (χ0n) is 12.8. The third-order valence-electron chi connectivity index (χ3n) is 4.43. The van der Waals surface area contributed by atoms with E-state index < -0.39 is 0 Å². The summed E-state index contributed by atoms with van der Waals surface area (Å²) in [6.45, 7) is 8.77. The summed E-state index contributed by atoms with van der Waals surface area (Å²) in [5, 5.41) is 4.85. The van der Waals surface area contributed by atoms with Gasteiger partial charge in [-0.2, -0.15) is 0 Å². The molecule has 0 spiro atoms. The molecule has 2 aliphatic rings. The fourth-order valence-corrected chi connectivity index (χ4v) is 4.75. The van der Waals surface area contributed by atoms with Crippen LogP contribution in [0.25, 0.3) is 0 Å². The van der Waals surface area contributed by atoms with Gasteiger partial charge >= 0.3 is 0 Å². The van der Waals surface area contributed by atoms with Crippen LogP contribution in [0.1, 0.15) is 73.9 Å². The molecule has 0 aromatic carbocycles. The highest BCUT2D eigenvalue weighted by Crippen LogP contribution is 2.46. The molecule has 0 aliphatic carbocycles.